The first-order valence-electron chi connectivity index (χ1n) is 5.21. The average molecular weight is 265 g/mol. The van der Waals surface area contributed by atoms with Crippen molar-refractivity contribution in [3.8, 4) is 6.07 Å². The van der Waals surface area contributed by atoms with E-state index in [9.17, 15) is 0 Å². The van der Waals surface area contributed by atoms with Gasteiger partial charge >= 0.3 is 0 Å². The van der Waals surface area contributed by atoms with Crippen molar-refractivity contribution in [1.82, 2.24) is 5.32 Å². The van der Waals surface area contributed by atoms with E-state index in [1.807, 2.05) is 12.1 Å². The van der Waals surface area contributed by atoms with Crippen LogP contribution in [0.4, 0.5) is 0 Å². The molecule has 78 valence electrons. The molecule has 1 aromatic rings. The highest BCUT2D eigenvalue weighted by molar-refractivity contribution is 9.10. The average Bonchev–Trinajstić information content (AvgIpc) is 2.30. The molecule has 1 fully saturated rings. The predicted molar refractivity (Wildman–Crippen MR) is 63.7 cm³/mol. The molecular weight excluding hydrogens is 252 g/mol. The van der Waals surface area contributed by atoms with Crippen LogP contribution in [-0.2, 0) is 0 Å². The van der Waals surface area contributed by atoms with Gasteiger partial charge in [0.15, 0.2) is 0 Å². The minimum atomic E-state index is 0.550. The van der Waals surface area contributed by atoms with Crippen molar-refractivity contribution in [2.75, 3.05) is 13.1 Å². The molecule has 0 bridgehead atoms. The molecule has 1 saturated heterocycles. The van der Waals surface area contributed by atoms with Crippen LogP contribution in [-0.4, -0.2) is 13.1 Å². The Bertz CT molecular complexity index is 389. The topological polar surface area (TPSA) is 35.8 Å². The van der Waals surface area contributed by atoms with Crippen LogP contribution in [0.25, 0.3) is 0 Å². The molecule has 2 rings (SSSR count). The summed E-state index contributed by atoms with van der Waals surface area (Å²) < 4.78 is 0.983. The fourth-order valence-corrected chi connectivity index (χ4v) is 2.48. The molecule has 0 amide bonds. The maximum Gasteiger partial charge on any atom is 0.0995 e. The molecule has 1 aliphatic rings. The Kier molecular flexibility index (Phi) is 3.40. The lowest BCUT2D eigenvalue weighted by Crippen LogP contribution is -2.26. The van der Waals surface area contributed by atoms with Gasteiger partial charge in [0.25, 0.3) is 0 Å². The third kappa shape index (κ3) is 2.39. The van der Waals surface area contributed by atoms with Gasteiger partial charge in [0.2, 0.25) is 0 Å². The van der Waals surface area contributed by atoms with E-state index in [-0.39, 0.29) is 0 Å². The van der Waals surface area contributed by atoms with E-state index in [2.05, 4.69) is 33.4 Å². The van der Waals surface area contributed by atoms with Gasteiger partial charge in [-0.1, -0.05) is 22.0 Å². The number of hydrogen-bond acceptors (Lipinski definition) is 2. The highest BCUT2D eigenvalue weighted by atomic mass is 79.9. The zero-order chi connectivity index (χ0) is 10.7. The Labute approximate surface area is 98.4 Å². The summed E-state index contributed by atoms with van der Waals surface area (Å²) in [6.07, 6.45) is 2.27. The number of nitriles is 1. The fourth-order valence-electron chi connectivity index (χ4n) is 2.11. The van der Waals surface area contributed by atoms with Gasteiger partial charge in [-0.05, 0) is 49.5 Å². The van der Waals surface area contributed by atoms with Gasteiger partial charge < -0.3 is 5.32 Å². The summed E-state index contributed by atoms with van der Waals surface area (Å²) in [6, 6.07) is 8.31. The van der Waals surface area contributed by atoms with Crippen molar-refractivity contribution in [2.45, 2.75) is 18.8 Å². The SMILES string of the molecule is N#Cc1cc(Br)ccc1C1CCNCC1. The van der Waals surface area contributed by atoms with Gasteiger partial charge in [0.05, 0.1) is 11.6 Å². The summed E-state index contributed by atoms with van der Waals surface area (Å²) in [7, 11) is 0. The van der Waals surface area contributed by atoms with Gasteiger partial charge in [0, 0.05) is 4.47 Å². The first kappa shape index (κ1) is 10.7. The molecule has 1 aliphatic heterocycles. The number of benzene rings is 1. The molecule has 0 atom stereocenters. The van der Waals surface area contributed by atoms with E-state index in [1.165, 1.54) is 5.56 Å². The van der Waals surface area contributed by atoms with Gasteiger partial charge in [-0.3, -0.25) is 0 Å². The van der Waals surface area contributed by atoms with E-state index in [0.717, 1.165) is 36.0 Å². The summed E-state index contributed by atoms with van der Waals surface area (Å²) in [5.74, 6) is 0.550. The largest absolute Gasteiger partial charge is 0.317 e. The van der Waals surface area contributed by atoms with Crippen LogP contribution in [0.15, 0.2) is 22.7 Å². The predicted octanol–water partition coefficient (Wildman–Crippen LogP) is 2.79. The lowest BCUT2D eigenvalue weighted by Gasteiger charge is -2.23. The molecule has 2 nitrogen and oxygen atoms in total. The molecular formula is C12H13BrN2. The number of nitrogens with zero attached hydrogens (tertiary/aromatic N) is 1. The van der Waals surface area contributed by atoms with E-state index in [1.54, 1.807) is 0 Å². The minimum absolute atomic E-state index is 0.550. The lowest BCUT2D eigenvalue weighted by molar-refractivity contribution is 0.460. The molecule has 0 radical (unpaired) electrons. The molecule has 0 aromatic heterocycles. The number of hydrogen-bond donors (Lipinski definition) is 1. The third-order valence-corrected chi connectivity index (χ3v) is 3.41. The van der Waals surface area contributed by atoms with Crippen molar-refractivity contribution in [1.29, 1.82) is 5.26 Å². The Morgan fingerprint density at radius 1 is 1.33 bits per heavy atom. The first-order valence-corrected chi connectivity index (χ1v) is 6.01. The summed E-state index contributed by atoms with van der Waals surface area (Å²) in [4.78, 5) is 0. The summed E-state index contributed by atoms with van der Waals surface area (Å²) >= 11 is 3.40. The van der Waals surface area contributed by atoms with Crippen molar-refractivity contribution >= 4 is 15.9 Å². The fraction of sp³-hybridized carbons (Fsp3) is 0.417. The summed E-state index contributed by atoms with van der Waals surface area (Å²) in [5, 5.41) is 12.4. The van der Waals surface area contributed by atoms with Crippen LogP contribution in [0.2, 0.25) is 0 Å². The van der Waals surface area contributed by atoms with E-state index < -0.39 is 0 Å². The number of nitrogens with one attached hydrogen (secondary N) is 1. The molecule has 0 aliphatic carbocycles. The molecule has 0 spiro atoms. The first-order chi connectivity index (χ1) is 7.31. The van der Waals surface area contributed by atoms with Crippen LogP contribution in [0.3, 0.4) is 0 Å². The second-order valence-electron chi connectivity index (χ2n) is 3.87. The Morgan fingerprint density at radius 2 is 2.07 bits per heavy atom. The van der Waals surface area contributed by atoms with E-state index in [4.69, 9.17) is 5.26 Å². The van der Waals surface area contributed by atoms with Crippen molar-refractivity contribution < 1.29 is 0 Å². The Balaban J connectivity index is 2.30. The monoisotopic (exact) mass is 264 g/mol. The molecule has 1 aromatic carbocycles. The highest BCUT2D eigenvalue weighted by Crippen LogP contribution is 2.29. The molecule has 1 heterocycles. The molecule has 15 heavy (non-hydrogen) atoms. The van der Waals surface area contributed by atoms with Gasteiger partial charge in [-0.25, -0.2) is 0 Å². The zero-order valence-electron chi connectivity index (χ0n) is 8.46. The quantitative estimate of drug-likeness (QED) is 0.847. The standard InChI is InChI=1S/C12H13BrN2/c13-11-1-2-12(10(7-11)8-14)9-3-5-15-6-4-9/h1-2,7,9,15H,3-6H2. The Hall–Kier alpha value is -0.850. The maximum absolute atomic E-state index is 9.09. The van der Waals surface area contributed by atoms with Crippen LogP contribution < -0.4 is 5.32 Å². The van der Waals surface area contributed by atoms with Gasteiger partial charge in [0.1, 0.15) is 0 Å². The summed E-state index contributed by atoms with van der Waals surface area (Å²) in [6.45, 7) is 2.12. The normalized spacial score (nSPS) is 17.3. The lowest BCUT2D eigenvalue weighted by atomic mass is 9.87. The van der Waals surface area contributed by atoms with Crippen LogP contribution in [0, 0.1) is 11.3 Å². The third-order valence-electron chi connectivity index (χ3n) is 2.91. The van der Waals surface area contributed by atoms with E-state index in [0.29, 0.717) is 5.92 Å². The van der Waals surface area contributed by atoms with Crippen molar-refractivity contribution in [3.63, 3.8) is 0 Å². The van der Waals surface area contributed by atoms with Gasteiger partial charge in [-0.15, -0.1) is 0 Å². The van der Waals surface area contributed by atoms with Gasteiger partial charge in [-0.2, -0.15) is 5.26 Å². The van der Waals surface area contributed by atoms with E-state index >= 15 is 0 Å². The van der Waals surface area contributed by atoms with Crippen LogP contribution in [0.1, 0.15) is 29.9 Å². The van der Waals surface area contributed by atoms with Crippen LogP contribution >= 0.6 is 15.9 Å². The summed E-state index contributed by atoms with van der Waals surface area (Å²) in [5.41, 5.74) is 2.03. The number of rotatable bonds is 1. The molecule has 1 N–H and O–H groups in total. The smallest absolute Gasteiger partial charge is 0.0995 e. The number of halogens is 1. The zero-order valence-corrected chi connectivity index (χ0v) is 10.0. The minimum Gasteiger partial charge on any atom is -0.317 e. The molecule has 3 heteroatoms. The second-order valence-corrected chi connectivity index (χ2v) is 4.78. The van der Waals surface area contributed by atoms with Crippen molar-refractivity contribution in [3.05, 3.63) is 33.8 Å². The Morgan fingerprint density at radius 3 is 2.73 bits per heavy atom. The van der Waals surface area contributed by atoms with Crippen LogP contribution in [0.5, 0.6) is 0 Å². The molecule has 0 unspecified atom stereocenters. The highest BCUT2D eigenvalue weighted by Gasteiger charge is 2.18. The maximum atomic E-state index is 9.09. The van der Waals surface area contributed by atoms with Crippen molar-refractivity contribution in [2.24, 2.45) is 0 Å². The molecule has 0 saturated carbocycles. The number of piperidine rings is 1. The second kappa shape index (κ2) is 4.78.